The van der Waals surface area contributed by atoms with Crippen molar-refractivity contribution in [3.63, 3.8) is 0 Å². The molecule has 14 rings (SSSR count). The SMILES string of the molecule is CCCCCCC1=C(C)c2nc1cc1[nH]c(c(C)c1CCCCCC)c(-c1cc(C(C)(C)C)cc(C(C)(C)C)c1)c1[nH]c(cc3nc(c2-c2ccc(C#CC#CC#Cc4ccc(-c5c6nc(cc7[nH]c(c(C)c7CCCCCC)c(-c7cc(C(C)(C)C)cc(C(C)(C)C)c7)c7nc(cc8[nH]c5c(C)c8CCCCCC)C(CCCCCC)=C7C)C(CCCCCC)=C6C)cc4)cc2)C(C)=C3CCCCCC)c(CCCCCC)c1C. The molecule has 4 aromatic carbocycles. The Morgan fingerprint density at radius 3 is 0.673 bits per heavy atom. The lowest BCUT2D eigenvalue weighted by Gasteiger charge is -2.26. The largest absolute Gasteiger partial charge is 0.354 e. The number of nitrogens with zero attached hydrogens (tertiary/aromatic N) is 4. The molecule has 0 aliphatic carbocycles. The molecule has 0 radical (unpaired) electrons. The molecule has 6 aromatic heterocycles. The van der Waals surface area contributed by atoms with Gasteiger partial charge in [-0.2, -0.15) is 0 Å². The van der Waals surface area contributed by atoms with E-state index in [0.29, 0.717) is 0 Å². The first-order valence-corrected chi connectivity index (χ1v) is 59.4. The molecular formula is C142H186N8. The zero-order chi connectivity index (χ0) is 107. The number of aromatic nitrogens is 8. The van der Waals surface area contributed by atoms with E-state index in [2.05, 4.69) is 359 Å². The maximum Gasteiger partial charge on any atom is 0.0769 e. The van der Waals surface area contributed by atoms with Crippen LogP contribution in [0.3, 0.4) is 0 Å². The second kappa shape index (κ2) is 51.9. The van der Waals surface area contributed by atoms with Crippen molar-refractivity contribution >= 4 is 88.7 Å². The number of allylic oxidation sites excluding steroid dienone is 8. The third-order valence-corrected chi connectivity index (χ3v) is 33.2. The number of hydrogen-bond donors (Lipinski definition) is 4. The summed E-state index contributed by atoms with van der Waals surface area (Å²) in [6.07, 6.45) is 45.1. The number of H-pyrrole nitrogens is 4. The first-order valence-electron chi connectivity index (χ1n) is 59.4. The Balaban J connectivity index is 0.927. The minimum atomic E-state index is -0.0935. The Labute approximate surface area is 907 Å². The van der Waals surface area contributed by atoms with Crippen LogP contribution in [0.1, 0.15) is 521 Å². The summed E-state index contributed by atoms with van der Waals surface area (Å²) < 4.78 is 0. The number of aromatic amines is 4. The van der Waals surface area contributed by atoms with Crippen LogP contribution in [0.25, 0.3) is 133 Å². The van der Waals surface area contributed by atoms with Gasteiger partial charge in [-0.1, -0.05) is 365 Å². The number of fused-ring (bicyclic) bond motifs is 16. The summed E-state index contributed by atoms with van der Waals surface area (Å²) >= 11 is 0. The molecule has 0 saturated carbocycles. The maximum atomic E-state index is 6.12. The van der Waals surface area contributed by atoms with Crippen LogP contribution in [0.15, 0.2) is 109 Å². The van der Waals surface area contributed by atoms with Gasteiger partial charge in [-0.25, -0.2) is 19.9 Å². The molecule has 150 heavy (non-hydrogen) atoms. The monoisotopic (exact) mass is 2000 g/mol. The highest BCUT2D eigenvalue weighted by Crippen LogP contribution is 2.51. The summed E-state index contributed by atoms with van der Waals surface area (Å²) in [5.41, 5.74) is 55.0. The number of unbranched alkanes of at least 4 members (excludes halogenated alkanes) is 24. The van der Waals surface area contributed by atoms with Crippen molar-refractivity contribution in [1.29, 1.82) is 0 Å². The van der Waals surface area contributed by atoms with Crippen molar-refractivity contribution in [2.75, 3.05) is 0 Å². The zero-order valence-electron chi connectivity index (χ0n) is 98.5. The average Bonchev–Trinajstić information content (AvgIpc) is 1.58. The van der Waals surface area contributed by atoms with Crippen LogP contribution in [0.5, 0.6) is 0 Å². The van der Waals surface area contributed by atoms with Gasteiger partial charge in [0.15, 0.2) is 0 Å². The van der Waals surface area contributed by atoms with Crippen LogP contribution >= 0.6 is 0 Å². The van der Waals surface area contributed by atoms with E-state index in [1.807, 2.05) is 0 Å². The zero-order valence-corrected chi connectivity index (χ0v) is 98.5. The van der Waals surface area contributed by atoms with E-state index in [4.69, 9.17) is 19.9 Å². The molecule has 8 nitrogen and oxygen atoms in total. The number of aryl methyl sites for hydroxylation is 8. The third-order valence-electron chi connectivity index (χ3n) is 33.2. The van der Waals surface area contributed by atoms with Gasteiger partial charge in [0.05, 0.1) is 67.6 Å². The topological polar surface area (TPSA) is 115 Å². The van der Waals surface area contributed by atoms with Crippen molar-refractivity contribution < 1.29 is 0 Å². The van der Waals surface area contributed by atoms with Crippen LogP contribution in [0, 0.1) is 63.2 Å². The Hall–Kier alpha value is -11.2. The van der Waals surface area contributed by atoms with Gasteiger partial charge < -0.3 is 19.9 Å². The van der Waals surface area contributed by atoms with Gasteiger partial charge in [-0.3, -0.25) is 0 Å². The van der Waals surface area contributed by atoms with Gasteiger partial charge in [0, 0.05) is 55.4 Å². The highest BCUT2D eigenvalue weighted by Gasteiger charge is 2.34. The molecule has 0 unspecified atom stereocenters. The molecule has 0 saturated heterocycles. The number of rotatable bonds is 44. The fraction of sp³-hybridized carbons (Fsp3) is 0.507. The molecule has 0 fully saturated rings. The fourth-order valence-corrected chi connectivity index (χ4v) is 23.5. The van der Waals surface area contributed by atoms with Gasteiger partial charge in [0.25, 0.3) is 0 Å². The quantitative estimate of drug-likeness (QED) is 0.0225. The summed E-state index contributed by atoms with van der Waals surface area (Å²) in [5.74, 6) is 19.8. The lowest BCUT2D eigenvalue weighted by atomic mass is 9.78. The van der Waals surface area contributed by atoms with Crippen molar-refractivity contribution in [3.8, 4) is 80.0 Å². The van der Waals surface area contributed by atoms with Gasteiger partial charge in [0.2, 0.25) is 0 Å². The van der Waals surface area contributed by atoms with Crippen LogP contribution in [-0.2, 0) is 47.3 Å². The van der Waals surface area contributed by atoms with Gasteiger partial charge in [0.1, 0.15) is 0 Å². The molecule has 4 N–H and O–H groups in total. The molecule has 4 aliphatic rings. The molecule has 0 atom stereocenters. The standard InChI is InChI=1S/C142H186N8/c1-29-37-45-57-67-111-93(9)131-127(132-94(10)112(68-58-46-38-30-2)120(144-132)90-124-116(72-62-50-42-34-6)98(14)136(148-124)129(105-83-107(139(17,18)19)87-108(84-105)140(20,21)22)135-97(13)115(71-61-49-41-33-5)123(147-135)89-119(111)143-131)103-79-75-101(76-80-103)65-55-53-54-56-66-102-77-81-104(82-78-102)128-133-95(11)113(69-59-47-39-31-3)121(145-133)91-125-117(73-63-51-43-35-7)99(15)137(149-125)130(106-85-109(141(23,24)25)88-110(86-106)142(26,27)28)138-100(16)118(74-64-52-44-36-8)126(150-138)92-122-114(70-60-48-40-32-4)96(12)134(128)146-122/h75-92,143,148-150H,29-52,57-64,67-74H2,1-28H3. The third kappa shape index (κ3) is 27.0. The minimum Gasteiger partial charge on any atom is -0.354 e. The Morgan fingerprint density at radius 1 is 0.220 bits per heavy atom. The number of nitrogens with one attached hydrogen (secondary N) is 4. The summed E-state index contributed by atoms with van der Waals surface area (Å²) in [6.45, 7) is 66.3. The van der Waals surface area contributed by atoms with Crippen molar-refractivity contribution in [3.05, 3.63) is 233 Å². The van der Waals surface area contributed by atoms with Gasteiger partial charge in [-0.05, 0) is 386 Å². The fourth-order valence-electron chi connectivity index (χ4n) is 23.5. The molecule has 0 spiro atoms. The van der Waals surface area contributed by atoms with E-state index in [9.17, 15) is 0 Å². The first-order chi connectivity index (χ1) is 72.0. The summed E-state index contributed by atoms with van der Waals surface area (Å²) in [5, 5.41) is 0. The predicted molar refractivity (Wildman–Crippen MR) is 655 cm³/mol. The van der Waals surface area contributed by atoms with Crippen LogP contribution < -0.4 is 0 Å². The highest BCUT2D eigenvalue weighted by atomic mass is 14.8. The minimum absolute atomic E-state index is 0.0873. The van der Waals surface area contributed by atoms with Crippen molar-refractivity contribution in [2.24, 2.45) is 0 Å². The van der Waals surface area contributed by atoms with E-state index in [1.54, 1.807) is 0 Å². The Morgan fingerprint density at radius 2 is 0.433 bits per heavy atom. The van der Waals surface area contributed by atoms with E-state index < -0.39 is 0 Å². The molecule has 8 heteroatoms. The van der Waals surface area contributed by atoms with Gasteiger partial charge in [-0.15, -0.1) is 0 Å². The molecule has 4 aliphatic heterocycles. The Bertz CT molecular complexity index is 7000. The molecule has 16 bridgehead atoms. The van der Waals surface area contributed by atoms with Crippen LogP contribution in [0.2, 0.25) is 0 Å². The second-order valence-corrected chi connectivity index (χ2v) is 48.9. The molecular weight excluding hydrogens is 1820 g/mol. The summed E-state index contributed by atoms with van der Waals surface area (Å²) in [6, 6.07) is 42.8. The van der Waals surface area contributed by atoms with E-state index in [0.717, 1.165) is 193 Å². The van der Waals surface area contributed by atoms with Crippen molar-refractivity contribution in [2.45, 2.75) is 472 Å². The number of benzene rings is 4. The van der Waals surface area contributed by atoms with E-state index in [1.165, 1.54) is 321 Å². The predicted octanol–water partition coefficient (Wildman–Crippen LogP) is 41.5. The maximum absolute atomic E-state index is 6.12. The molecule has 794 valence electrons. The number of hydrogen-bond acceptors (Lipinski definition) is 4. The van der Waals surface area contributed by atoms with Crippen LogP contribution in [-0.4, -0.2) is 39.9 Å². The highest BCUT2D eigenvalue weighted by molar-refractivity contribution is 6.07. The second-order valence-electron chi connectivity index (χ2n) is 48.9. The van der Waals surface area contributed by atoms with Crippen molar-refractivity contribution in [1.82, 2.24) is 39.9 Å². The van der Waals surface area contributed by atoms with E-state index in [-0.39, 0.29) is 21.7 Å². The molecule has 0 amide bonds. The normalized spacial score (nSPS) is 13.1. The van der Waals surface area contributed by atoms with Crippen LogP contribution in [0.4, 0.5) is 0 Å². The Kier molecular flexibility index (Phi) is 39.6. The lowest BCUT2D eigenvalue weighted by Crippen LogP contribution is -2.16. The lowest BCUT2D eigenvalue weighted by molar-refractivity contribution is 0.568. The smallest absolute Gasteiger partial charge is 0.0769 e. The summed E-state index contributed by atoms with van der Waals surface area (Å²) in [4.78, 5) is 41.7. The average molecular weight is 2010 g/mol. The summed E-state index contributed by atoms with van der Waals surface area (Å²) in [7, 11) is 0. The van der Waals surface area contributed by atoms with Gasteiger partial charge >= 0.3 is 0 Å². The molecule has 10 aromatic rings. The van der Waals surface area contributed by atoms with E-state index >= 15 is 0 Å². The first kappa shape index (κ1) is 114. The molecule has 10 heterocycles.